The lowest BCUT2D eigenvalue weighted by Crippen LogP contribution is -2.40. The predicted molar refractivity (Wildman–Crippen MR) is 71.2 cm³/mol. The molecule has 0 amide bonds. The smallest absolute Gasteiger partial charge is 0.138 e. The zero-order chi connectivity index (χ0) is 13.3. The Kier molecular flexibility index (Phi) is 3.76. The van der Waals surface area contributed by atoms with E-state index in [0.717, 1.165) is 25.1 Å². The van der Waals surface area contributed by atoms with E-state index < -0.39 is 5.60 Å². The minimum atomic E-state index is -0.592. The molecule has 1 N–H and O–H groups in total. The number of nitrogens with zero attached hydrogens (tertiary/aromatic N) is 3. The summed E-state index contributed by atoms with van der Waals surface area (Å²) in [5.41, 5.74) is -0.592. The summed E-state index contributed by atoms with van der Waals surface area (Å²) in [7, 11) is 0. The molecule has 0 spiro atoms. The molecule has 1 fully saturated rings. The van der Waals surface area contributed by atoms with Crippen LogP contribution >= 0.6 is 0 Å². The van der Waals surface area contributed by atoms with E-state index in [1.165, 1.54) is 0 Å². The Bertz CT molecular complexity index is 401. The van der Waals surface area contributed by atoms with Gasteiger partial charge in [-0.05, 0) is 44.9 Å². The van der Waals surface area contributed by atoms with Gasteiger partial charge in [0.2, 0.25) is 0 Å². The van der Waals surface area contributed by atoms with Crippen molar-refractivity contribution in [1.82, 2.24) is 14.8 Å². The second-order valence-electron chi connectivity index (χ2n) is 6.31. The van der Waals surface area contributed by atoms with Crippen molar-refractivity contribution in [3.63, 3.8) is 0 Å². The van der Waals surface area contributed by atoms with Gasteiger partial charge in [-0.15, -0.1) is 0 Å². The molecule has 0 bridgehead atoms. The Labute approximate surface area is 109 Å². The van der Waals surface area contributed by atoms with E-state index in [2.05, 4.69) is 37.8 Å². The molecular formula is C14H25N3O. The molecule has 1 saturated carbocycles. The topological polar surface area (TPSA) is 50.9 Å². The van der Waals surface area contributed by atoms with Crippen LogP contribution in [0.2, 0.25) is 0 Å². The van der Waals surface area contributed by atoms with Gasteiger partial charge >= 0.3 is 0 Å². The van der Waals surface area contributed by atoms with E-state index in [9.17, 15) is 5.11 Å². The quantitative estimate of drug-likeness (QED) is 0.898. The first kappa shape index (κ1) is 13.5. The van der Waals surface area contributed by atoms with Crippen LogP contribution in [0.3, 0.4) is 0 Å². The molecule has 1 aliphatic carbocycles. The van der Waals surface area contributed by atoms with Gasteiger partial charge in [-0.2, -0.15) is 5.10 Å². The molecule has 0 saturated heterocycles. The maximum atomic E-state index is 10.8. The second-order valence-corrected chi connectivity index (χ2v) is 6.31. The highest BCUT2D eigenvalue weighted by molar-refractivity contribution is 4.98. The van der Waals surface area contributed by atoms with Crippen LogP contribution < -0.4 is 0 Å². The summed E-state index contributed by atoms with van der Waals surface area (Å²) < 4.78 is 1.92. The average Bonchev–Trinajstić information content (AvgIpc) is 2.72. The molecule has 0 aromatic carbocycles. The van der Waals surface area contributed by atoms with Gasteiger partial charge in [0.05, 0.1) is 5.60 Å². The van der Waals surface area contributed by atoms with Crippen LogP contribution in [0.5, 0.6) is 0 Å². The van der Waals surface area contributed by atoms with Crippen LogP contribution in [0, 0.1) is 11.8 Å². The highest BCUT2D eigenvalue weighted by Gasteiger charge is 2.37. The van der Waals surface area contributed by atoms with E-state index in [1.54, 1.807) is 6.33 Å². The Morgan fingerprint density at radius 2 is 2.17 bits per heavy atom. The fourth-order valence-electron chi connectivity index (χ4n) is 2.97. The van der Waals surface area contributed by atoms with Gasteiger partial charge in [-0.25, -0.2) is 9.67 Å². The maximum absolute atomic E-state index is 10.8. The number of hydrogen-bond acceptors (Lipinski definition) is 3. The lowest BCUT2D eigenvalue weighted by Gasteiger charge is -2.39. The normalized spacial score (nSPS) is 33.0. The van der Waals surface area contributed by atoms with E-state index >= 15 is 0 Å². The van der Waals surface area contributed by atoms with Crippen LogP contribution in [0.25, 0.3) is 0 Å². The fourth-order valence-corrected chi connectivity index (χ4v) is 2.97. The molecule has 4 heteroatoms. The van der Waals surface area contributed by atoms with E-state index in [-0.39, 0.29) is 0 Å². The van der Waals surface area contributed by atoms with Gasteiger partial charge < -0.3 is 5.11 Å². The summed E-state index contributed by atoms with van der Waals surface area (Å²) in [5.74, 6) is 2.21. The summed E-state index contributed by atoms with van der Waals surface area (Å²) in [4.78, 5) is 4.31. The van der Waals surface area contributed by atoms with Crippen molar-refractivity contribution in [2.75, 3.05) is 0 Å². The van der Waals surface area contributed by atoms with E-state index in [4.69, 9.17) is 0 Å². The SMILES string of the molecule is CC1CCC(O)(Cc2ncnn2C(C)C)CC1C. The molecule has 0 radical (unpaired) electrons. The number of rotatable bonds is 3. The third kappa shape index (κ3) is 2.74. The molecule has 1 heterocycles. The molecule has 3 atom stereocenters. The lowest BCUT2D eigenvalue weighted by atomic mass is 9.72. The minimum Gasteiger partial charge on any atom is -0.389 e. The number of aromatic nitrogens is 3. The summed E-state index contributed by atoms with van der Waals surface area (Å²) in [6.07, 6.45) is 5.08. The Balaban J connectivity index is 2.10. The van der Waals surface area contributed by atoms with Crippen LogP contribution in [-0.2, 0) is 6.42 Å². The van der Waals surface area contributed by atoms with Crippen molar-refractivity contribution in [2.24, 2.45) is 11.8 Å². The first-order chi connectivity index (χ1) is 8.41. The van der Waals surface area contributed by atoms with Crippen molar-refractivity contribution >= 4 is 0 Å². The summed E-state index contributed by atoms with van der Waals surface area (Å²) in [5, 5.41) is 15.0. The number of aliphatic hydroxyl groups is 1. The first-order valence-electron chi connectivity index (χ1n) is 7.02. The van der Waals surface area contributed by atoms with Crippen LogP contribution in [0.1, 0.15) is 58.8 Å². The highest BCUT2D eigenvalue weighted by Crippen LogP contribution is 2.37. The Morgan fingerprint density at radius 1 is 1.44 bits per heavy atom. The molecule has 0 aliphatic heterocycles. The van der Waals surface area contributed by atoms with Crippen molar-refractivity contribution in [3.05, 3.63) is 12.2 Å². The van der Waals surface area contributed by atoms with Gasteiger partial charge in [0.25, 0.3) is 0 Å². The second kappa shape index (κ2) is 5.00. The van der Waals surface area contributed by atoms with Crippen LogP contribution in [0.15, 0.2) is 6.33 Å². The zero-order valence-electron chi connectivity index (χ0n) is 11.9. The van der Waals surface area contributed by atoms with Gasteiger partial charge in [0.15, 0.2) is 0 Å². The van der Waals surface area contributed by atoms with Gasteiger partial charge in [-0.3, -0.25) is 0 Å². The summed E-state index contributed by atoms with van der Waals surface area (Å²) in [6.45, 7) is 8.70. The van der Waals surface area contributed by atoms with Crippen LogP contribution in [-0.4, -0.2) is 25.5 Å². The zero-order valence-corrected chi connectivity index (χ0v) is 11.9. The third-order valence-corrected chi connectivity index (χ3v) is 4.36. The Morgan fingerprint density at radius 3 is 2.78 bits per heavy atom. The highest BCUT2D eigenvalue weighted by atomic mass is 16.3. The first-order valence-corrected chi connectivity index (χ1v) is 7.02. The van der Waals surface area contributed by atoms with E-state index in [0.29, 0.717) is 24.3 Å². The minimum absolute atomic E-state index is 0.297. The van der Waals surface area contributed by atoms with Crippen molar-refractivity contribution in [2.45, 2.75) is 65.0 Å². The van der Waals surface area contributed by atoms with Gasteiger partial charge in [0.1, 0.15) is 12.2 Å². The largest absolute Gasteiger partial charge is 0.389 e. The van der Waals surface area contributed by atoms with Gasteiger partial charge in [-0.1, -0.05) is 13.8 Å². The van der Waals surface area contributed by atoms with E-state index in [1.807, 2.05) is 4.68 Å². The molecule has 1 aliphatic rings. The number of hydrogen-bond donors (Lipinski definition) is 1. The van der Waals surface area contributed by atoms with Crippen LogP contribution in [0.4, 0.5) is 0 Å². The summed E-state index contributed by atoms with van der Waals surface area (Å²) in [6, 6.07) is 0.297. The lowest BCUT2D eigenvalue weighted by molar-refractivity contribution is -0.0302. The standard InChI is InChI=1S/C14H25N3O/c1-10(2)17-13(15-9-16-17)8-14(18)6-5-11(3)12(4)7-14/h9-12,18H,5-8H2,1-4H3. The monoisotopic (exact) mass is 251 g/mol. The van der Waals surface area contributed by atoms with Crippen molar-refractivity contribution < 1.29 is 5.11 Å². The molecule has 18 heavy (non-hydrogen) atoms. The molecule has 3 unspecified atom stereocenters. The molecule has 1 aromatic rings. The van der Waals surface area contributed by atoms with Crippen molar-refractivity contribution in [1.29, 1.82) is 0 Å². The molecular weight excluding hydrogens is 226 g/mol. The molecule has 1 aromatic heterocycles. The fraction of sp³-hybridized carbons (Fsp3) is 0.857. The molecule has 2 rings (SSSR count). The van der Waals surface area contributed by atoms with Crippen molar-refractivity contribution in [3.8, 4) is 0 Å². The third-order valence-electron chi connectivity index (χ3n) is 4.36. The average molecular weight is 251 g/mol. The summed E-state index contributed by atoms with van der Waals surface area (Å²) >= 11 is 0. The van der Waals surface area contributed by atoms with Gasteiger partial charge in [0, 0.05) is 12.5 Å². The maximum Gasteiger partial charge on any atom is 0.138 e. The predicted octanol–water partition coefficient (Wildman–Crippen LogP) is 2.59. The Hall–Kier alpha value is -0.900. The molecule has 102 valence electrons. The molecule has 4 nitrogen and oxygen atoms in total.